The van der Waals surface area contributed by atoms with E-state index in [0.717, 1.165) is 31.6 Å². The summed E-state index contributed by atoms with van der Waals surface area (Å²) in [5.41, 5.74) is 2.70. The third-order valence-electron chi connectivity index (χ3n) is 5.62. The molecule has 170 valence electrons. The van der Waals surface area contributed by atoms with Crippen LogP contribution in [0.3, 0.4) is 0 Å². The van der Waals surface area contributed by atoms with Crippen molar-refractivity contribution >= 4 is 38.9 Å². The van der Waals surface area contributed by atoms with Crippen LogP contribution in [-0.4, -0.2) is 54.6 Å². The number of rotatable bonds is 8. The van der Waals surface area contributed by atoms with Crippen LogP contribution in [0.2, 0.25) is 5.02 Å². The highest BCUT2D eigenvalue weighted by molar-refractivity contribution is 7.89. The fraction of sp³-hybridized carbons (Fsp3) is 0.524. The van der Waals surface area contributed by atoms with Crippen LogP contribution in [-0.2, 0) is 21.4 Å². The van der Waals surface area contributed by atoms with Gasteiger partial charge in [-0.3, -0.25) is 9.48 Å². The van der Waals surface area contributed by atoms with E-state index in [-0.39, 0.29) is 17.3 Å². The summed E-state index contributed by atoms with van der Waals surface area (Å²) in [7, 11) is -3.64. The second kappa shape index (κ2) is 9.58. The van der Waals surface area contributed by atoms with Gasteiger partial charge < -0.3 is 10.2 Å². The van der Waals surface area contributed by atoms with Crippen LogP contribution in [0.5, 0.6) is 0 Å². The van der Waals surface area contributed by atoms with E-state index in [1.165, 1.54) is 4.31 Å². The van der Waals surface area contributed by atoms with Gasteiger partial charge >= 0.3 is 0 Å². The van der Waals surface area contributed by atoms with Crippen LogP contribution in [0, 0.1) is 13.8 Å². The molecular weight excluding hydrogens is 438 g/mol. The van der Waals surface area contributed by atoms with Crippen molar-refractivity contribution < 1.29 is 13.2 Å². The van der Waals surface area contributed by atoms with E-state index < -0.39 is 10.0 Å². The van der Waals surface area contributed by atoms with Gasteiger partial charge in [0.1, 0.15) is 6.54 Å². The van der Waals surface area contributed by atoms with Crippen LogP contribution >= 0.6 is 11.6 Å². The summed E-state index contributed by atoms with van der Waals surface area (Å²) in [5, 5.41) is 7.76. The molecule has 1 aliphatic rings. The quantitative estimate of drug-likeness (QED) is 0.642. The molecule has 2 aromatic rings. The molecule has 1 saturated heterocycles. The summed E-state index contributed by atoms with van der Waals surface area (Å²) >= 11 is 6.19. The molecule has 8 nitrogen and oxygen atoms in total. The highest BCUT2D eigenvalue weighted by atomic mass is 35.5. The molecule has 1 aliphatic heterocycles. The van der Waals surface area contributed by atoms with Gasteiger partial charge in [-0.2, -0.15) is 9.40 Å². The van der Waals surface area contributed by atoms with Crippen LogP contribution in [0.1, 0.15) is 38.1 Å². The molecule has 31 heavy (non-hydrogen) atoms. The van der Waals surface area contributed by atoms with Gasteiger partial charge in [0.05, 0.1) is 32.7 Å². The van der Waals surface area contributed by atoms with Gasteiger partial charge in [0.15, 0.2) is 0 Å². The van der Waals surface area contributed by atoms with E-state index in [1.54, 1.807) is 29.8 Å². The normalized spacial score (nSPS) is 14.5. The SMILES string of the molecule is CCN(CC)S(=O)(=O)c1ccc(N2CCCC2)c(NC(=O)Cn2nc(C)c(Cl)c2C)c1. The van der Waals surface area contributed by atoms with E-state index in [9.17, 15) is 13.2 Å². The number of carbonyl (C=O) groups excluding carboxylic acids is 1. The Labute approximate surface area is 189 Å². The van der Waals surface area contributed by atoms with Gasteiger partial charge in [-0.25, -0.2) is 8.42 Å². The van der Waals surface area contributed by atoms with Gasteiger partial charge in [-0.15, -0.1) is 0 Å². The Morgan fingerprint density at radius 1 is 1.19 bits per heavy atom. The van der Waals surface area contributed by atoms with Crippen molar-refractivity contribution in [2.24, 2.45) is 0 Å². The maximum absolute atomic E-state index is 13.0. The Kier molecular flexibility index (Phi) is 7.28. The molecule has 1 aromatic carbocycles. The fourth-order valence-corrected chi connectivity index (χ4v) is 5.50. The number of amides is 1. The molecule has 0 spiro atoms. The van der Waals surface area contributed by atoms with Gasteiger partial charge in [0, 0.05) is 26.2 Å². The molecular formula is C21H30ClN5O3S. The Balaban J connectivity index is 1.93. The number of nitrogens with one attached hydrogen (secondary N) is 1. The largest absolute Gasteiger partial charge is 0.370 e. The van der Waals surface area contributed by atoms with Crippen molar-refractivity contribution in [3.05, 3.63) is 34.6 Å². The molecule has 0 saturated carbocycles. The number of aromatic nitrogens is 2. The number of nitrogens with zero attached hydrogens (tertiary/aromatic N) is 4. The highest BCUT2D eigenvalue weighted by Crippen LogP contribution is 2.32. The standard InChI is InChI=1S/C21H30ClN5O3S/c1-5-26(6-2)31(29,30)17-9-10-19(25-11-7-8-12-25)18(13-17)23-20(28)14-27-16(4)21(22)15(3)24-27/h9-10,13H,5-8,11-12,14H2,1-4H3,(H,23,28). The van der Waals surface area contributed by atoms with Crippen LogP contribution < -0.4 is 10.2 Å². The Morgan fingerprint density at radius 3 is 2.39 bits per heavy atom. The second-order valence-electron chi connectivity index (χ2n) is 7.65. The van der Waals surface area contributed by atoms with Crippen LogP contribution in [0.4, 0.5) is 11.4 Å². The Hall–Kier alpha value is -2.10. The molecule has 0 unspecified atom stereocenters. The zero-order chi connectivity index (χ0) is 22.8. The molecule has 0 atom stereocenters. The second-order valence-corrected chi connectivity index (χ2v) is 9.97. The molecule has 1 N–H and O–H groups in total. The number of sulfonamides is 1. The lowest BCUT2D eigenvalue weighted by atomic mass is 10.2. The maximum Gasteiger partial charge on any atom is 0.246 e. The van der Waals surface area contributed by atoms with E-state index in [4.69, 9.17) is 11.6 Å². The zero-order valence-electron chi connectivity index (χ0n) is 18.5. The Morgan fingerprint density at radius 2 is 1.84 bits per heavy atom. The van der Waals surface area contributed by atoms with Crippen molar-refractivity contribution in [3.63, 3.8) is 0 Å². The van der Waals surface area contributed by atoms with Gasteiger partial charge in [-0.05, 0) is 44.9 Å². The number of hydrogen-bond donors (Lipinski definition) is 1. The molecule has 1 aromatic heterocycles. The number of benzene rings is 1. The average Bonchev–Trinajstić information content (AvgIpc) is 3.34. The smallest absolute Gasteiger partial charge is 0.246 e. The Bertz CT molecular complexity index is 1060. The summed E-state index contributed by atoms with van der Waals surface area (Å²) in [6.45, 7) is 9.71. The summed E-state index contributed by atoms with van der Waals surface area (Å²) in [6.07, 6.45) is 2.13. The summed E-state index contributed by atoms with van der Waals surface area (Å²) in [6, 6.07) is 4.97. The molecule has 2 heterocycles. The third-order valence-corrected chi connectivity index (χ3v) is 8.21. The maximum atomic E-state index is 13.0. The van der Waals surface area contributed by atoms with Gasteiger partial charge in [-0.1, -0.05) is 25.4 Å². The van der Waals surface area contributed by atoms with E-state index >= 15 is 0 Å². The lowest BCUT2D eigenvalue weighted by molar-refractivity contribution is -0.116. The first kappa shape index (κ1) is 23.6. The van der Waals surface area contributed by atoms with Crippen LogP contribution in [0.15, 0.2) is 23.1 Å². The van der Waals surface area contributed by atoms with Crippen molar-refractivity contribution in [1.82, 2.24) is 14.1 Å². The zero-order valence-corrected chi connectivity index (χ0v) is 20.1. The minimum atomic E-state index is -3.64. The first-order chi connectivity index (χ1) is 14.7. The first-order valence-electron chi connectivity index (χ1n) is 10.6. The van der Waals surface area contributed by atoms with Gasteiger partial charge in [0.25, 0.3) is 0 Å². The molecule has 3 rings (SSSR count). The number of anilines is 2. The number of carbonyl (C=O) groups is 1. The summed E-state index contributed by atoms with van der Waals surface area (Å²) < 4.78 is 29.0. The van der Waals surface area contributed by atoms with E-state index in [1.807, 2.05) is 20.8 Å². The molecule has 0 aliphatic carbocycles. The highest BCUT2D eigenvalue weighted by Gasteiger charge is 2.25. The minimum absolute atomic E-state index is 0.00808. The number of hydrogen-bond acceptors (Lipinski definition) is 5. The molecule has 10 heteroatoms. The lowest BCUT2D eigenvalue weighted by Crippen LogP contribution is -2.31. The van der Waals surface area contributed by atoms with Crippen molar-refractivity contribution in [2.45, 2.75) is 52.0 Å². The molecule has 0 bridgehead atoms. The molecule has 1 amide bonds. The van der Waals surface area contributed by atoms with Crippen molar-refractivity contribution in [2.75, 3.05) is 36.4 Å². The lowest BCUT2D eigenvalue weighted by Gasteiger charge is -2.24. The predicted molar refractivity (Wildman–Crippen MR) is 123 cm³/mol. The minimum Gasteiger partial charge on any atom is -0.370 e. The number of aryl methyl sites for hydroxylation is 1. The third kappa shape index (κ3) is 4.88. The van der Waals surface area contributed by atoms with E-state index in [0.29, 0.717) is 35.2 Å². The van der Waals surface area contributed by atoms with E-state index in [2.05, 4.69) is 15.3 Å². The predicted octanol–water partition coefficient (Wildman–Crippen LogP) is 3.42. The summed E-state index contributed by atoms with van der Waals surface area (Å²) in [4.78, 5) is 15.2. The topological polar surface area (TPSA) is 87.5 Å². The fourth-order valence-electron chi connectivity index (χ4n) is 3.88. The molecule has 1 fully saturated rings. The number of halogens is 1. The summed E-state index contributed by atoms with van der Waals surface area (Å²) in [5.74, 6) is -0.292. The van der Waals surface area contributed by atoms with Crippen LogP contribution in [0.25, 0.3) is 0 Å². The average molecular weight is 468 g/mol. The molecule has 0 radical (unpaired) electrons. The monoisotopic (exact) mass is 467 g/mol. The van der Waals surface area contributed by atoms with Crippen molar-refractivity contribution in [3.8, 4) is 0 Å². The first-order valence-corrected chi connectivity index (χ1v) is 12.4. The van der Waals surface area contributed by atoms with Crippen molar-refractivity contribution in [1.29, 1.82) is 0 Å². The van der Waals surface area contributed by atoms with Gasteiger partial charge in [0.2, 0.25) is 15.9 Å².